The fourth-order valence-electron chi connectivity index (χ4n) is 1.51. The fraction of sp³-hybridized carbons (Fsp3) is 0. The van der Waals surface area contributed by atoms with Crippen LogP contribution in [-0.4, -0.2) is 21.0 Å². The molecule has 7 nitrogen and oxygen atoms in total. The molecule has 108 valence electrons. The van der Waals surface area contributed by atoms with Crippen LogP contribution in [0, 0.1) is 10.1 Å². The van der Waals surface area contributed by atoms with Crippen LogP contribution in [-0.2, 0) is 0 Å². The maximum atomic E-state index is 10.9. The Kier molecular flexibility index (Phi) is 4.61. The first kappa shape index (κ1) is 15.1. The smallest absolute Gasteiger partial charge is 0.298 e. The van der Waals surface area contributed by atoms with Crippen molar-refractivity contribution in [2.75, 3.05) is 0 Å². The first-order chi connectivity index (χ1) is 10.0. The number of hydrogen-bond acceptors (Lipinski definition) is 6. The molecule has 0 unspecified atom stereocenters. The van der Waals surface area contributed by atoms with Crippen molar-refractivity contribution in [1.82, 2.24) is 4.98 Å². The molecule has 0 aliphatic heterocycles. The molecule has 2 rings (SSSR count). The van der Waals surface area contributed by atoms with Crippen molar-refractivity contribution in [2.24, 2.45) is 10.9 Å². The van der Waals surface area contributed by atoms with Gasteiger partial charge in [0.1, 0.15) is 5.03 Å². The van der Waals surface area contributed by atoms with Gasteiger partial charge in [0, 0.05) is 11.0 Å². The molecule has 0 saturated heterocycles. The lowest BCUT2D eigenvalue weighted by atomic mass is 10.3. The molecule has 0 saturated carbocycles. The Bertz CT molecular complexity index is 723. The van der Waals surface area contributed by atoms with Crippen molar-refractivity contribution in [3.8, 4) is 0 Å². The highest BCUT2D eigenvalue weighted by Gasteiger charge is 2.20. The number of halogens is 1. The predicted molar refractivity (Wildman–Crippen MR) is 79.0 cm³/mol. The van der Waals surface area contributed by atoms with Crippen LogP contribution in [0.1, 0.15) is 5.69 Å². The summed E-state index contributed by atoms with van der Waals surface area (Å²) in [6, 6.07) is 9.83. The van der Waals surface area contributed by atoms with E-state index in [1.165, 1.54) is 23.9 Å². The zero-order valence-corrected chi connectivity index (χ0v) is 12.0. The van der Waals surface area contributed by atoms with E-state index < -0.39 is 10.8 Å². The van der Waals surface area contributed by atoms with Gasteiger partial charge in [-0.25, -0.2) is 4.98 Å². The van der Waals surface area contributed by atoms with Crippen molar-refractivity contribution in [1.29, 1.82) is 0 Å². The van der Waals surface area contributed by atoms with Gasteiger partial charge in [-0.2, -0.15) is 0 Å². The maximum absolute atomic E-state index is 10.9. The molecule has 3 N–H and O–H groups in total. The number of benzene rings is 1. The quantitative estimate of drug-likeness (QED) is 0.294. The molecule has 1 heterocycles. The number of aromatic nitrogens is 1. The normalized spacial score (nSPS) is 11.4. The SMILES string of the molecule is N/C(=N/O)c1nc(Sc2ccccc2Cl)ccc1[N+](=O)[O-]. The predicted octanol–water partition coefficient (Wildman–Crippen LogP) is 2.89. The summed E-state index contributed by atoms with van der Waals surface area (Å²) >= 11 is 7.26. The van der Waals surface area contributed by atoms with E-state index >= 15 is 0 Å². The van der Waals surface area contributed by atoms with Crippen LogP contribution >= 0.6 is 23.4 Å². The third-order valence-electron chi connectivity index (χ3n) is 2.45. The van der Waals surface area contributed by atoms with E-state index in [1.807, 2.05) is 6.07 Å². The molecule has 2 aromatic rings. The third kappa shape index (κ3) is 3.41. The van der Waals surface area contributed by atoms with E-state index in [0.29, 0.717) is 10.0 Å². The van der Waals surface area contributed by atoms with Crippen LogP contribution in [0.25, 0.3) is 0 Å². The van der Waals surface area contributed by atoms with E-state index in [2.05, 4.69) is 10.1 Å². The van der Waals surface area contributed by atoms with E-state index in [0.717, 1.165) is 4.90 Å². The van der Waals surface area contributed by atoms with Gasteiger partial charge >= 0.3 is 0 Å². The Morgan fingerprint density at radius 1 is 1.38 bits per heavy atom. The maximum Gasteiger partial charge on any atom is 0.298 e. The topological polar surface area (TPSA) is 115 Å². The van der Waals surface area contributed by atoms with Crippen molar-refractivity contribution in [3.63, 3.8) is 0 Å². The Balaban J connectivity index is 2.43. The minimum Gasteiger partial charge on any atom is -0.409 e. The number of nitrogens with zero attached hydrogens (tertiary/aromatic N) is 3. The van der Waals surface area contributed by atoms with Gasteiger partial charge in [-0.3, -0.25) is 10.1 Å². The molecule has 0 atom stereocenters. The second-order valence-electron chi connectivity index (χ2n) is 3.79. The first-order valence-corrected chi connectivity index (χ1v) is 6.78. The highest BCUT2D eigenvalue weighted by molar-refractivity contribution is 7.99. The standard InChI is InChI=1S/C12H9ClN4O3S/c13-7-3-1-2-4-9(7)21-10-6-5-8(17(19)20)11(15-10)12(14)16-18/h1-6,18H,(H2,14,16). The molecule has 1 aromatic heterocycles. The molecule has 0 fully saturated rings. The van der Waals surface area contributed by atoms with Crippen LogP contribution in [0.3, 0.4) is 0 Å². The average Bonchev–Trinajstić information content (AvgIpc) is 2.48. The summed E-state index contributed by atoms with van der Waals surface area (Å²) < 4.78 is 0. The Hall–Kier alpha value is -2.32. The lowest BCUT2D eigenvalue weighted by Crippen LogP contribution is -2.17. The Morgan fingerprint density at radius 3 is 2.71 bits per heavy atom. The van der Waals surface area contributed by atoms with Crippen molar-refractivity contribution in [3.05, 3.63) is 57.2 Å². The van der Waals surface area contributed by atoms with Crippen LogP contribution in [0.4, 0.5) is 5.69 Å². The number of nitrogens with two attached hydrogens (primary N) is 1. The number of rotatable bonds is 4. The molecule has 0 amide bonds. The first-order valence-electron chi connectivity index (χ1n) is 5.58. The van der Waals surface area contributed by atoms with Crippen molar-refractivity contribution in [2.45, 2.75) is 9.92 Å². The number of pyridine rings is 1. The van der Waals surface area contributed by atoms with Gasteiger partial charge in [-0.1, -0.05) is 40.7 Å². The zero-order chi connectivity index (χ0) is 15.4. The summed E-state index contributed by atoms with van der Waals surface area (Å²) in [5.74, 6) is -0.427. The zero-order valence-electron chi connectivity index (χ0n) is 10.4. The van der Waals surface area contributed by atoms with Gasteiger partial charge in [0.05, 0.1) is 9.95 Å². The number of hydrogen-bond donors (Lipinski definition) is 2. The number of oxime groups is 1. The van der Waals surface area contributed by atoms with Crippen molar-refractivity contribution < 1.29 is 10.1 Å². The number of nitro groups is 1. The van der Waals surface area contributed by atoms with E-state index in [-0.39, 0.29) is 11.4 Å². The molecular formula is C12H9ClN4O3S. The summed E-state index contributed by atoms with van der Waals surface area (Å²) in [5, 5.41) is 23.3. The fourth-order valence-corrected chi connectivity index (χ4v) is 2.58. The summed E-state index contributed by atoms with van der Waals surface area (Å²) in [6.07, 6.45) is 0. The largest absolute Gasteiger partial charge is 0.409 e. The molecule has 0 radical (unpaired) electrons. The molecule has 1 aromatic carbocycles. The second-order valence-corrected chi connectivity index (χ2v) is 5.26. The third-order valence-corrected chi connectivity index (χ3v) is 3.90. The summed E-state index contributed by atoms with van der Waals surface area (Å²) in [6.45, 7) is 0. The second kappa shape index (κ2) is 6.42. The minimum atomic E-state index is -0.648. The van der Waals surface area contributed by atoms with Gasteiger partial charge < -0.3 is 10.9 Å². The van der Waals surface area contributed by atoms with Crippen LogP contribution in [0.15, 0.2) is 51.5 Å². The Labute approximate surface area is 128 Å². The van der Waals surface area contributed by atoms with Crippen molar-refractivity contribution >= 4 is 34.9 Å². The lowest BCUT2D eigenvalue weighted by molar-refractivity contribution is -0.385. The van der Waals surface area contributed by atoms with Gasteiger partial charge in [0.25, 0.3) is 5.69 Å². The van der Waals surface area contributed by atoms with E-state index in [9.17, 15) is 10.1 Å². The molecule has 9 heteroatoms. The summed E-state index contributed by atoms with van der Waals surface area (Å²) in [4.78, 5) is 15.1. The molecule has 21 heavy (non-hydrogen) atoms. The Morgan fingerprint density at radius 2 is 2.10 bits per heavy atom. The highest BCUT2D eigenvalue weighted by atomic mass is 35.5. The minimum absolute atomic E-state index is 0.195. The van der Waals surface area contributed by atoms with Gasteiger partial charge in [0.2, 0.25) is 0 Å². The molecule has 0 spiro atoms. The molecular weight excluding hydrogens is 316 g/mol. The average molecular weight is 325 g/mol. The van der Waals surface area contributed by atoms with Gasteiger partial charge in [-0.15, -0.1) is 0 Å². The lowest BCUT2D eigenvalue weighted by Gasteiger charge is -2.05. The molecule has 0 aliphatic rings. The van der Waals surface area contributed by atoms with E-state index in [4.69, 9.17) is 22.5 Å². The highest BCUT2D eigenvalue weighted by Crippen LogP contribution is 2.33. The summed E-state index contributed by atoms with van der Waals surface area (Å²) in [5.41, 5.74) is 4.89. The summed E-state index contributed by atoms with van der Waals surface area (Å²) in [7, 11) is 0. The molecule has 0 bridgehead atoms. The number of amidine groups is 1. The molecule has 0 aliphatic carbocycles. The van der Waals surface area contributed by atoms with Gasteiger partial charge in [0.15, 0.2) is 11.5 Å². The van der Waals surface area contributed by atoms with Crippen LogP contribution in [0.5, 0.6) is 0 Å². The van der Waals surface area contributed by atoms with Crippen LogP contribution < -0.4 is 5.73 Å². The monoisotopic (exact) mass is 324 g/mol. The van der Waals surface area contributed by atoms with Gasteiger partial charge in [-0.05, 0) is 18.2 Å². The van der Waals surface area contributed by atoms with E-state index in [1.54, 1.807) is 18.2 Å². The van der Waals surface area contributed by atoms with Crippen LogP contribution in [0.2, 0.25) is 5.02 Å².